The second kappa shape index (κ2) is 10.3. The van der Waals surface area contributed by atoms with Crippen LogP contribution in [-0.2, 0) is 11.3 Å². The summed E-state index contributed by atoms with van der Waals surface area (Å²) in [7, 11) is 0. The first-order valence-electron chi connectivity index (χ1n) is 10.7. The van der Waals surface area contributed by atoms with Crippen molar-refractivity contribution in [3.8, 4) is 0 Å². The van der Waals surface area contributed by atoms with E-state index in [1.807, 2.05) is 37.3 Å². The molecule has 0 unspecified atom stereocenters. The number of anilines is 1. The summed E-state index contributed by atoms with van der Waals surface area (Å²) in [5.41, 5.74) is 0.521. The lowest BCUT2D eigenvalue weighted by Gasteiger charge is -2.36. The number of amides is 1. The molecule has 0 aliphatic carbocycles. The van der Waals surface area contributed by atoms with Crippen LogP contribution in [0.5, 0.6) is 0 Å². The number of carbonyl (C=O) groups excluding carboxylic acids is 1. The second-order valence-corrected chi connectivity index (χ2v) is 8.30. The molecule has 168 valence electrons. The van der Waals surface area contributed by atoms with Gasteiger partial charge in [0, 0.05) is 49.5 Å². The van der Waals surface area contributed by atoms with E-state index in [1.165, 1.54) is 6.07 Å². The van der Waals surface area contributed by atoms with E-state index in [0.717, 1.165) is 13.1 Å². The van der Waals surface area contributed by atoms with Gasteiger partial charge in [-0.1, -0.05) is 23.7 Å². The Kier molecular flexibility index (Phi) is 7.19. The number of furan rings is 1. The van der Waals surface area contributed by atoms with E-state index in [2.05, 4.69) is 14.8 Å². The predicted octanol–water partition coefficient (Wildman–Crippen LogP) is 4.38. The number of nitrogens with zero attached hydrogens (tertiary/aromatic N) is 4. The highest BCUT2D eigenvalue weighted by Crippen LogP contribution is 2.26. The minimum atomic E-state index is -0.284. The Hall–Kier alpha value is -2.74. The molecule has 1 aliphatic heterocycles. The highest BCUT2D eigenvalue weighted by Gasteiger charge is 2.28. The van der Waals surface area contributed by atoms with Gasteiger partial charge in [-0.05, 0) is 43.3 Å². The Morgan fingerprint density at radius 2 is 1.91 bits per heavy atom. The summed E-state index contributed by atoms with van der Waals surface area (Å²) >= 11 is 6.17. The smallest absolute Gasteiger partial charge is 0.243 e. The van der Waals surface area contributed by atoms with Crippen molar-refractivity contribution in [2.45, 2.75) is 19.5 Å². The first-order valence-corrected chi connectivity index (χ1v) is 11.0. The molecule has 1 aromatic carbocycles. The summed E-state index contributed by atoms with van der Waals surface area (Å²) in [6, 6.07) is 13.7. The first-order chi connectivity index (χ1) is 15.5. The summed E-state index contributed by atoms with van der Waals surface area (Å²) in [4.78, 5) is 23.7. The van der Waals surface area contributed by atoms with Crippen LogP contribution in [0.25, 0.3) is 0 Å². The van der Waals surface area contributed by atoms with E-state index in [4.69, 9.17) is 16.0 Å². The third-order valence-corrected chi connectivity index (χ3v) is 6.13. The summed E-state index contributed by atoms with van der Waals surface area (Å²) < 4.78 is 19.7. The summed E-state index contributed by atoms with van der Waals surface area (Å²) in [6.45, 7) is 5.55. The number of hydrogen-bond acceptors (Lipinski definition) is 5. The van der Waals surface area contributed by atoms with Gasteiger partial charge in [0.05, 0.1) is 18.8 Å². The van der Waals surface area contributed by atoms with Crippen LogP contribution in [0, 0.1) is 5.82 Å². The Labute approximate surface area is 192 Å². The quantitative estimate of drug-likeness (QED) is 0.528. The van der Waals surface area contributed by atoms with Crippen molar-refractivity contribution in [1.82, 2.24) is 14.8 Å². The van der Waals surface area contributed by atoms with Crippen LogP contribution in [0.3, 0.4) is 0 Å². The van der Waals surface area contributed by atoms with Crippen LogP contribution in [-0.4, -0.2) is 53.4 Å². The normalized spacial score (nSPS) is 16.1. The molecule has 0 saturated carbocycles. The molecule has 2 aromatic heterocycles. The third-order valence-electron chi connectivity index (χ3n) is 5.77. The highest BCUT2D eigenvalue weighted by molar-refractivity contribution is 6.31. The van der Waals surface area contributed by atoms with Gasteiger partial charge in [-0.25, -0.2) is 9.37 Å². The van der Waals surface area contributed by atoms with Crippen LogP contribution < -0.4 is 4.90 Å². The molecule has 3 heterocycles. The zero-order chi connectivity index (χ0) is 22.5. The first kappa shape index (κ1) is 22.5. The van der Waals surface area contributed by atoms with Gasteiger partial charge in [-0.2, -0.15) is 0 Å². The van der Waals surface area contributed by atoms with Crippen LogP contribution in [0.15, 0.2) is 65.4 Å². The average Bonchev–Trinajstić information content (AvgIpc) is 3.33. The van der Waals surface area contributed by atoms with Crippen molar-refractivity contribution in [3.63, 3.8) is 0 Å². The van der Waals surface area contributed by atoms with Gasteiger partial charge >= 0.3 is 0 Å². The van der Waals surface area contributed by atoms with Crippen LogP contribution in [0.2, 0.25) is 5.02 Å². The lowest BCUT2D eigenvalue weighted by molar-refractivity contribution is -0.120. The van der Waals surface area contributed by atoms with Crippen molar-refractivity contribution in [2.75, 3.05) is 37.6 Å². The van der Waals surface area contributed by atoms with Crippen molar-refractivity contribution in [1.29, 1.82) is 0 Å². The average molecular weight is 457 g/mol. The minimum Gasteiger partial charge on any atom is -0.467 e. The fraction of sp³-hybridized carbons (Fsp3) is 0.333. The lowest BCUT2D eigenvalue weighted by Crippen LogP contribution is -2.50. The van der Waals surface area contributed by atoms with Crippen molar-refractivity contribution in [3.05, 3.63) is 83.2 Å². The van der Waals surface area contributed by atoms with Gasteiger partial charge in [0.15, 0.2) is 0 Å². The van der Waals surface area contributed by atoms with Gasteiger partial charge in [0.1, 0.15) is 17.4 Å². The molecule has 4 rings (SSSR count). The van der Waals surface area contributed by atoms with E-state index >= 15 is 0 Å². The number of aromatic nitrogens is 1. The van der Waals surface area contributed by atoms with E-state index in [1.54, 1.807) is 29.5 Å². The fourth-order valence-corrected chi connectivity index (χ4v) is 4.20. The molecule has 1 aliphatic rings. The van der Waals surface area contributed by atoms with Crippen molar-refractivity contribution in [2.24, 2.45) is 0 Å². The highest BCUT2D eigenvalue weighted by atomic mass is 35.5. The molecule has 32 heavy (non-hydrogen) atoms. The molecule has 0 bridgehead atoms. The molecule has 8 heteroatoms. The Morgan fingerprint density at radius 3 is 2.56 bits per heavy atom. The molecule has 3 aromatic rings. The van der Waals surface area contributed by atoms with E-state index in [9.17, 15) is 9.18 Å². The molecular formula is C24H26ClFN4O2. The zero-order valence-electron chi connectivity index (χ0n) is 18.0. The molecule has 1 saturated heterocycles. The second-order valence-electron chi connectivity index (χ2n) is 7.90. The predicted molar refractivity (Wildman–Crippen MR) is 122 cm³/mol. The van der Waals surface area contributed by atoms with Gasteiger partial charge in [-0.15, -0.1) is 0 Å². The Balaban J connectivity index is 1.39. The number of hydrogen-bond donors (Lipinski definition) is 0. The maximum Gasteiger partial charge on any atom is 0.243 e. The summed E-state index contributed by atoms with van der Waals surface area (Å²) in [6.07, 6.45) is 3.28. The van der Waals surface area contributed by atoms with Crippen molar-refractivity contribution >= 4 is 23.3 Å². The standard InChI is InChI=1S/C24H26ClFN4O2/c1-18(22-8-5-15-32-22)30(23-9-2-3-10-27-23)24(31)17-29-13-11-28(12-14-29)16-19-20(25)6-4-7-21(19)26/h2-10,15,18H,11-14,16-17H2,1H3/t18-/m0/s1. The van der Waals surface area contributed by atoms with Crippen molar-refractivity contribution < 1.29 is 13.6 Å². The molecule has 0 N–H and O–H groups in total. The van der Waals surface area contributed by atoms with Crippen LogP contribution >= 0.6 is 11.6 Å². The molecule has 0 radical (unpaired) electrons. The van der Waals surface area contributed by atoms with Crippen LogP contribution in [0.1, 0.15) is 24.3 Å². The molecular weight excluding hydrogens is 431 g/mol. The lowest BCUT2D eigenvalue weighted by atomic mass is 10.1. The molecule has 1 amide bonds. The number of piperazine rings is 1. The SMILES string of the molecule is C[C@@H](c1ccco1)N(C(=O)CN1CCN(Cc2c(F)cccc2Cl)CC1)c1ccccn1. The van der Waals surface area contributed by atoms with Gasteiger partial charge in [-0.3, -0.25) is 19.5 Å². The summed E-state index contributed by atoms with van der Waals surface area (Å²) in [5.74, 6) is 0.969. The van der Waals surface area contributed by atoms with Crippen LogP contribution in [0.4, 0.5) is 10.2 Å². The Morgan fingerprint density at radius 1 is 1.12 bits per heavy atom. The number of rotatable bonds is 7. The topological polar surface area (TPSA) is 52.8 Å². The molecule has 1 fully saturated rings. The molecule has 0 spiro atoms. The van der Waals surface area contributed by atoms with E-state index in [-0.39, 0.29) is 24.3 Å². The maximum atomic E-state index is 14.1. The number of benzene rings is 1. The number of halogens is 2. The van der Waals surface area contributed by atoms with E-state index in [0.29, 0.717) is 41.8 Å². The Bertz CT molecular complexity index is 1000. The molecule has 1 atom stereocenters. The molecule has 6 nitrogen and oxygen atoms in total. The zero-order valence-corrected chi connectivity index (χ0v) is 18.7. The maximum absolute atomic E-state index is 14.1. The fourth-order valence-electron chi connectivity index (χ4n) is 3.97. The van der Waals surface area contributed by atoms with E-state index < -0.39 is 0 Å². The third kappa shape index (κ3) is 5.18. The van der Waals surface area contributed by atoms with Gasteiger partial charge in [0.25, 0.3) is 0 Å². The largest absolute Gasteiger partial charge is 0.467 e. The monoisotopic (exact) mass is 456 g/mol. The van der Waals surface area contributed by atoms with Gasteiger partial charge in [0.2, 0.25) is 5.91 Å². The van der Waals surface area contributed by atoms with Gasteiger partial charge < -0.3 is 4.42 Å². The number of pyridine rings is 1. The minimum absolute atomic E-state index is 0.0433. The number of carbonyl (C=O) groups is 1. The summed E-state index contributed by atoms with van der Waals surface area (Å²) in [5, 5.41) is 0.445.